The Morgan fingerprint density at radius 3 is 3.23 bits per heavy atom. The van der Waals surface area contributed by atoms with Crippen LogP contribution >= 0.6 is 0 Å². The summed E-state index contributed by atoms with van der Waals surface area (Å²) in [6.07, 6.45) is 2.59. The zero-order valence-corrected chi connectivity index (χ0v) is 7.05. The largest absolute Gasteiger partial charge is 0.363 e. The van der Waals surface area contributed by atoms with Crippen molar-refractivity contribution in [3.63, 3.8) is 0 Å². The first-order valence-corrected chi connectivity index (χ1v) is 4.13. The van der Waals surface area contributed by atoms with E-state index in [0.717, 1.165) is 16.8 Å². The van der Waals surface area contributed by atoms with Crippen LogP contribution in [0.4, 0.5) is 0 Å². The molecule has 1 amide bonds. The zero-order valence-electron chi connectivity index (χ0n) is 7.05. The molecular formula is C9H9N3O. The number of rotatable bonds is 1. The van der Waals surface area contributed by atoms with Crippen molar-refractivity contribution < 1.29 is 4.79 Å². The van der Waals surface area contributed by atoms with E-state index in [2.05, 4.69) is 16.4 Å². The van der Waals surface area contributed by atoms with Gasteiger partial charge in [-0.05, 0) is 11.1 Å². The minimum Gasteiger partial charge on any atom is -0.363 e. The van der Waals surface area contributed by atoms with Crippen molar-refractivity contribution in [1.82, 2.24) is 10.3 Å². The second-order valence-electron chi connectivity index (χ2n) is 3.06. The van der Waals surface area contributed by atoms with Crippen LogP contribution in [0.2, 0.25) is 0 Å². The number of nitrogens with one attached hydrogen (secondary N) is 2. The first-order chi connectivity index (χ1) is 6.31. The van der Waals surface area contributed by atoms with Gasteiger partial charge in [-0.2, -0.15) is 5.26 Å². The average molecular weight is 175 g/mol. The smallest absolute Gasteiger partial charge is 0.224 e. The number of nitriles is 1. The summed E-state index contributed by atoms with van der Waals surface area (Å²) in [5.41, 5.74) is 2.99. The van der Waals surface area contributed by atoms with Gasteiger partial charge in [0.05, 0.1) is 25.5 Å². The number of nitrogens with zero attached hydrogens (tertiary/aromatic N) is 1. The molecule has 66 valence electrons. The molecule has 2 heterocycles. The normalized spacial score (nSPS) is 14.5. The molecule has 4 heteroatoms. The first kappa shape index (κ1) is 7.87. The van der Waals surface area contributed by atoms with E-state index in [1.165, 1.54) is 0 Å². The molecule has 1 aromatic heterocycles. The van der Waals surface area contributed by atoms with Crippen molar-refractivity contribution in [1.29, 1.82) is 5.26 Å². The van der Waals surface area contributed by atoms with Gasteiger partial charge in [-0.1, -0.05) is 0 Å². The topological polar surface area (TPSA) is 68.7 Å². The van der Waals surface area contributed by atoms with E-state index in [1.54, 1.807) is 0 Å². The second kappa shape index (κ2) is 2.94. The summed E-state index contributed by atoms with van der Waals surface area (Å²) in [7, 11) is 0. The van der Waals surface area contributed by atoms with Crippen molar-refractivity contribution in [3.8, 4) is 6.07 Å². The number of hydrogen-bond acceptors (Lipinski definition) is 2. The molecule has 0 unspecified atom stereocenters. The maximum absolute atomic E-state index is 11.1. The van der Waals surface area contributed by atoms with Gasteiger partial charge in [-0.25, -0.2) is 0 Å². The van der Waals surface area contributed by atoms with Gasteiger partial charge in [0.25, 0.3) is 0 Å². The number of amides is 1. The van der Waals surface area contributed by atoms with E-state index in [1.807, 2.05) is 6.20 Å². The third kappa shape index (κ3) is 1.29. The molecule has 1 aliphatic heterocycles. The van der Waals surface area contributed by atoms with Crippen molar-refractivity contribution in [2.24, 2.45) is 0 Å². The van der Waals surface area contributed by atoms with Gasteiger partial charge in [0, 0.05) is 11.9 Å². The standard InChI is InChI=1S/C9H9N3O/c10-2-1-6-4-11-8-5-12-9(13)3-7(6)8/h4,11H,1,3,5H2,(H,12,13). The first-order valence-electron chi connectivity index (χ1n) is 4.13. The molecule has 1 aliphatic rings. The number of aromatic nitrogens is 1. The number of H-pyrrole nitrogens is 1. The third-order valence-corrected chi connectivity index (χ3v) is 2.24. The third-order valence-electron chi connectivity index (χ3n) is 2.24. The van der Waals surface area contributed by atoms with Crippen LogP contribution in [0.1, 0.15) is 16.8 Å². The Morgan fingerprint density at radius 2 is 2.46 bits per heavy atom. The molecular weight excluding hydrogens is 166 g/mol. The van der Waals surface area contributed by atoms with E-state index in [9.17, 15) is 4.79 Å². The molecule has 0 aliphatic carbocycles. The van der Waals surface area contributed by atoms with Crippen LogP contribution in [0, 0.1) is 11.3 Å². The molecule has 0 bridgehead atoms. The van der Waals surface area contributed by atoms with Crippen LogP contribution in [0.3, 0.4) is 0 Å². The lowest BCUT2D eigenvalue weighted by atomic mass is 10.0. The van der Waals surface area contributed by atoms with Gasteiger partial charge in [-0.3, -0.25) is 4.79 Å². The Labute approximate surface area is 75.6 Å². The van der Waals surface area contributed by atoms with Gasteiger partial charge in [0.1, 0.15) is 0 Å². The van der Waals surface area contributed by atoms with E-state index < -0.39 is 0 Å². The molecule has 2 N–H and O–H groups in total. The Bertz CT molecular complexity index is 386. The van der Waals surface area contributed by atoms with E-state index in [0.29, 0.717) is 19.4 Å². The van der Waals surface area contributed by atoms with Crippen molar-refractivity contribution in [2.45, 2.75) is 19.4 Å². The van der Waals surface area contributed by atoms with Crippen LogP contribution in [-0.2, 0) is 24.2 Å². The fourth-order valence-electron chi connectivity index (χ4n) is 1.57. The highest BCUT2D eigenvalue weighted by Crippen LogP contribution is 2.18. The lowest BCUT2D eigenvalue weighted by Crippen LogP contribution is -2.30. The summed E-state index contributed by atoms with van der Waals surface area (Å²) in [6, 6.07) is 2.08. The molecule has 13 heavy (non-hydrogen) atoms. The van der Waals surface area contributed by atoms with Crippen LogP contribution < -0.4 is 5.32 Å². The number of carbonyl (C=O) groups is 1. The van der Waals surface area contributed by atoms with Gasteiger partial charge in [0.15, 0.2) is 0 Å². The summed E-state index contributed by atoms with van der Waals surface area (Å²) in [5, 5.41) is 11.3. The number of carbonyl (C=O) groups excluding carboxylic acids is 1. The minimum atomic E-state index is 0.0336. The highest BCUT2D eigenvalue weighted by molar-refractivity contribution is 5.80. The number of hydrogen-bond donors (Lipinski definition) is 2. The second-order valence-corrected chi connectivity index (χ2v) is 3.06. The molecule has 0 saturated heterocycles. The van der Waals surface area contributed by atoms with Crippen LogP contribution in [0.15, 0.2) is 6.20 Å². The molecule has 4 nitrogen and oxygen atoms in total. The molecule has 0 spiro atoms. The van der Waals surface area contributed by atoms with Crippen molar-refractivity contribution in [3.05, 3.63) is 23.0 Å². The van der Waals surface area contributed by atoms with Crippen molar-refractivity contribution in [2.75, 3.05) is 0 Å². The predicted octanol–water partition coefficient (Wildman–Crippen LogP) is 0.253. The molecule has 2 rings (SSSR count). The van der Waals surface area contributed by atoms with Crippen LogP contribution in [-0.4, -0.2) is 10.9 Å². The molecule has 0 aromatic carbocycles. The number of aromatic amines is 1. The maximum Gasteiger partial charge on any atom is 0.224 e. The molecule has 0 atom stereocenters. The minimum absolute atomic E-state index is 0.0336. The Kier molecular flexibility index (Phi) is 1.78. The van der Waals surface area contributed by atoms with E-state index >= 15 is 0 Å². The molecule has 0 radical (unpaired) electrons. The maximum atomic E-state index is 11.1. The highest BCUT2D eigenvalue weighted by Gasteiger charge is 2.18. The van der Waals surface area contributed by atoms with Gasteiger partial charge in [-0.15, -0.1) is 0 Å². The van der Waals surface area contributed by atoms with Gasteiger partial charge in [0.2, 0.25) is 5.91 Å². The highest BCUT2D eigenvalue weighted by atomic mass is 16.1. The molecule has 0 saturated carbocycles. The van der Waals surface area contributed by atoms with Gasteiger partial charge < -0.3 is 10.3 Å². The number of fused-ring (bicyclic) bond motifs is 1. The summed E-state index contributed by atoms with van der Waals surface area (Å²) in [5.74, 6) is 0.0336. The summed E-state index contributed by atoms with van der Waals surface area (Å²) >= 11 is 0. The molecule has 0 fully saturated rings. The lowest BCUT2D eigenvalue weighted by molar-refractivity contribution is -0.121. The fourth-order valence-corrected chi connectivity index (χ4v) is 1.57. The fraction of sp³-hybridized carbons (Fsp3) is 0.333. The SMILES string of the molecule is N#CCc1c[nH]c2c1CC(=O)NC2. The predicted molar refractivity (Wildman–Crippen MR) is 45.7 cm³/mol. The zero-order chi connectivity index (χ0) is 9.26. The van der Waals surface area contributed by atoms with E-state index in [4.69, 9.17) is 5.26 Å². The Balaban J connectivity index is 2.36. The quantitative estimate of drug-likeness (QED) is 0.642. The van der Waals surface area contributed by atoms with E-state index in [-0.39, 0.29) is 5.91 Å². The average Bonchev–Trinajstić information content (AvgIpc) is 2.49. The Hall–Kier alpha value is -1.76. The lowest BCUT2D eigenvalue weighted by Gasteiger charge is -2.13. The molecule has 1 aromatic rings. The monoisotopic (exact) mass is 175 g/mol. The summed E-state index contributed by atoms with van der Waals surface area (Å²) in [4.78, 5) is 14.1. The Morgan fingerprint density at radius 1 is 1.62 bits per heavy atom. The summed E-state index contributed by atoms with van der Waals surface area (Å²) in [6.45, 7) is 0.555. The van der Waals surface area contributed by atoms with Crippen LogP contribution in [0.25, 0.3) is 0 Å². The van der Waals surface area contributed by atoms with Crippen molar-refractivity contribution >= 4 is 5.91 Å². The van der Waals surface area contributed by atoms with Gasteiger partial charge >= 0.3 is 0 Å². The summed E-state index contributed by atoms with van der Waals surface area (Å²) < 4.78 is 0. The van der Waals surface area contributed by atoms with Crippen LogP contribution in [0.5, 0.6) is 0 Å².